The molecule has 0 fully saturated rings. The normalized spacial score (nSPS) is 16.0. The van der Waals surface area contributed by atoms with E-state index in [4.69, 9.17) is 32.7 Å². The van der Waals surface area contributed by atoms with Gasteiger partial charge in [-0.1, -0.05) is 47.5 Å². The summed E-state index contributed by atoms with van der Waals surface area (Å²) < 4.78 is 10.4. The van der Waals surface area contributed by atoms with Crippen LogP contribution in [0, 0.1) is 0 Å². The van der Waals surface area contributed by atoms with Crippen LogP contribution < -0.4 is 4.74 Å². The molecule has 0 radical (unpaired) electrons. The van der Waals surface area contributed by atoms with Crippen LogP contribution in [0.25, 0.3) is 0 Å². The highest BCUT2D eigenvalue weighted by molar-refractivity contribution is 6.35. The zero-order chi connectivity index (χ0) is 18.7. The van der Waals surface area contributed by atoms with Crippen LogP contribution in [0.1, 0.15) is 11.1 Å². The Labute approximate surface area is 161 Å². The fraction of sp³-hybridized carbons (Fsp3) is 0.263. The predicted molar refractivity (Wildman–Crippen MR) is 98.5 cm³/mol. The first-order chi connectivity index (χ1) is 12.5. The van der Waals surface area contributed by atoms with Gasteiger partial charge in [-0.25, -0.2) is 4.79 Å². The largest absolute Gasteiger partial charge is 0.482 e. The number of amides is 1. The van der Waals surface area contributed by atoms with E-state index in [1.165, 1.54) is 18.1 Å². The number of hydrogen-bond donors (Lipinski definition) is 0. The van der Waals surface area contributed by atoms with Crippen molar-refractivity contribution in [1.82, 2.24) is 4.90 Å². The van der Waals surface area contributed by atoms with E-state index in [1.807, 2.05) is 24.3 Å². The van der Waals surface area contributed by atoms with Crippen LogP contribution in [0.15, 0.2) is 42.5 Å². The first kappa shape index (κ1) is 18.5. The molecule has 0 saturated carbocycles. The molecule has 1 amide bonds. The minimum absolute atomic E-state index is 0.239. The topological polar surface area (TPSA) is 55.8 Å². The van der Waals surface area contributed by atoms with Gasteiger partial charge in [0.2, 0.25) is 0 Å². The third-order valence-corrected chi connectivity index (χ3v) is 4.82. The van der Waals surface area contributed by atoms with Crippen molar-refractivity contribution in [2.24, 2.45) is 0 Å². The number of nitrogens with zero attached hydrogens (tertiary/aromatic N) is 1. The Kier molecular flexibility index (Phi) is 5.69. The summed E-state index contributed by atoms with van der Waals surface area (Å²) in [5.74, 6) is -0.408. The Hall–Kier alpha value is -2.24. The van der Waals surface area contributed by atoms with Gasteiger partial charge in [-0.15, -0.1) is 0 Å². The number of methoxy groups -OCH3 is 1. The maximum Gasteiger partial charge on any atom is 0.328 e. The lowest BCUT2D eigenvalue weighted by molar-refractivity contribution is -0.154. The summed E-state index contributed by atoms with van der Waals surface area (Å²) >= 11 is 11.9. The van der Waals surface area contributed by atoms with E-state index in [9.17, 15) is 9.59 Å². The molecule has 0 spiro atoms. The van der Waals surface area contributed by atoms with Gasteiger partial charge in [0, 0.05) is 18.0 Å². The van der Waals surface area contributed by atoms with Crippen molar-refractivity contribution in [2.75, 3.05) is 13.7 Å². The Bertz CT molecular complexity index is 840. The molecule has 26 heavy (non-hydrogen) atoms. The second-order valence-corrected chi connectivity index (χ2v) is 6.74. The van der Waals surface area contributed by atoms with Crippen LogP contribution in [0.4, 0.5) is 0 Å². The number of benzene rings is 2. The summed E-state index contributed by atoms with van der Waals surface area (Å²) in [7, 11) is 1.31. The number of ether oxygens (including phenoxy) is 2. The average Bonchev–Trinajstić information content (AvgIpc) is 2.65. The van der Waals surface area contributed by atoms with E-state index in [0.29, 0.717) is 28.8 Å². The molecule has 136 valence electrons. The average molecular weight is 394 g/mol. The van der Waals surface area contributed by atoms with Crippen molar-refractivity contribution in [3.63, 3.8) is 0 Å². The molecule has 0 aromatic heterocycles. The van der Waals surface area contributed by atoms with Crippen LogP contribution in [-0.4, -0.2) is 36.5 Å². The maximum atomic E-state index is 12.7. The minimum atomic E-state index is -0.674. The Morgan fingerprint density at radius 3 is 2.58 bits per heavy atom. The maximum absolute atomic E-state index is 12.7. The summed E-state index contributed by atoms with van der Waals surface area (Å²) in [6.45, 7) is 0.0868. The summed E-state index contributed by atoms with van der Waals surface area (Å²) in [5.41, 5.74) is 2.04. The Morgan fingerprint density at radius 2 is 1.88 bits per heavy atom. The van der Waals surface area contributed by atoms with Gasteiger partial charge in [-0.2, -0.15) is 0 Å². The first-order valence-electron chi connectivity index (χ1n) is 8.01. The van der Waals surface area contributed by atoms with Gasteiger partial charge >= 0.3 is 5.97 Å². The molecule has 0 unspecified atom stereocenters. The van der Waals surface area contributed by atoms with Crippen molar-refractivity contribution < 1.29 is 19.1 Å². The molecule has 1 aliphatic heterocycles. The van der Waals surface area contributed by atoms with E-state index in [1.54, 1.807) is 12.1 Å². The smallest absolute Gasteiger partial charge is 0.328 e. The zero-order valence-corrected chi connectivity index (χ0v) is 15.6. The van der Waals surface area contributed by atoms with Crippen LogP contribution >= 0.6 is 23.2 Å². The molecule has 3 rings (SSSR count). The molecule has 2 aromatic rings. The molecule has 5 nitrogen and oxygen atoms in total. The highest BCUT2D eigenvalue weighted by Gasteiger charge is 2.35. The van der Waals surface area contributed by atoms with Gasteiger partial charge in [0.05, 0.1) is 12.1 Å². The van der Waals surface area contributed by atoms with Gasteiger partial charge in [0.15, 0.2) is 6.61 Å². The van der Waals surface area contributed by atoms with Crippen LogP contribution in [0.5, 0.6) is 5.75 Å². The molecular formula is C19H17Cl2NO4. The number of halogens is 2. The zero-order valence-electron chi connectivity index (χ0n) is 14.1. The van der Waals surface area contributed by atoms with E-state index < -0.39 is 12.0 Å². The van der Waals surface area contributed by atoms with E-state index in [0.717, 1.165) is 11.1 Å². The Morgan fingerprint density at radius 1 is 1.15 bits per heavy atom. The second-order valence-electron chi connectivity index (χ2n) is 5.90. The second kappa shape index (κ2) is 7.98. The highest BCUT2D eigenvalue weighted by atomic mass is 35.5. The minimum Gasteiger partial charge on any atom is -0.482 e. The molecule has 1 atom stereocenters. The molecule has 2 aromatic carbocycles. The van der Waals surface area contributed by atoms with Crippen molar-refractivity contribution in [3.05, 3.63) is 63.6 Å². The van der Waals surface area contributed by atoms with E-state index in [2.05, 4.69) is 0 Å². The number of carbonyl (C=O) groups is 2. The lowest BCUT2D eigenvalue weighted by Crippen LogP contribution is -2.50. The third-order valence-electron chi connectivity index (χ3n) is 4.29. The molecule has 7 heteroatoms. The third kappa shape index (κ3) is 3.94. The van der Waals surface area contributed by atoms with E-state index in [-0.39, 0.29) is 12.5 Å². The number of hydrogen-bond acceptors (Lipinski definition) is 4. The summed E-state index contributed by atoms with van der Waals surface area (Å²) in [5, 5.41) is 0.797. The van der Waals surface area contributed by atoms with Crippen LogP contribution in [0.2, 0.25) is 10.0 Å². The fourth-order valence-electron chi connectivity index (χ4n) is 2.95. The quantitative estimate of drug-likeness (QED) is 0.745. The van der Waals surface area contributed by atoms with Crippen LogP contribution in [0.3, 0.4) is 0 Å². The Balaban J connectivity index is 1.76. The summed E-state index contributed by atoms with van der Waals surface area (Å²) in [6, 6.07) is 11.8. The van der Waals surface area contributed by atoms with Crippen molar-refractivity contribution in [1.29, 1.82) is 0 Å². The van der Waals surface area contributed by atoms with Gasteiger partial charge in [0.1, 0.15) is 11.8 Å². The van der Waals surface area contributed by atoms with Crippen LogP contribution in [-0.2, 0) is 27.3 Å². The first-order valence-corrected chi connectivity index (χ1v) is 8.77. The number of esters is 1. The van der Waals surface area contributed by atoms with Crippen molar-refractivity contribution in [2.45, 2.75) is 19.0 Å². The summed E-state index contributed by atoms with van der Waals surface area (Å²) in [4.78, 5) is 26.4. The number of rotatable bonds is 4. The molecule has 0 aliphatic carbocycles. The molecular weight excluding hydrogens is 377 g/mol. The molecule has 0 saturated heterocycles. The summed E-state index contributed by atoms with van der Waals surface area (Å²) in [6.07, 6.45) is 0.413. The van der Waals surface area contributed by atoms with Crippen molar-refractivity contribution in [3.8, 4) is 5.75 Å². The van der Waals surface area contributed by atoms with Gasteiger partial charge in [-0.3, -0.25) is 4.79 Å². The predicted octanol–water partition coefficient (Wildman–Crippen LogP) is 3.50. The highest BCUT2D eigenvalue weighted by Crippen LogP contribution is 2.28. The van der Waals surface area contributed by atoms with Gasteiger partial charge < -0.3 is 14.4 Å². The lowest BCUT2D eigenvalue weighted by Gasteiger charge is -2.35. The lowest BCUT2D eigenvalue weighted by atomic mass is 9.94. The molecule has 0 N–H and O–H groups in total. The van der Waals surface area contributed by atoms with E-state index >= 15 is 0 Å². The van der Waals surface area contributed by atoms with Gasteiger partial charge in [-0.05, 0) is 29.3 Å². The SMILES string of the molecule is COC(=O)[C@@H]1Cc2ccccc2CN1C(=O)COc1ccc(Cl)cc1Cl. The molecule has 1 heterocycles. The van der Waals surface area contributed by atoms with Crippen molar-refractivity contribution >= 4 is 35.1 Å². The molecule has 0 bridgehead atoms. The number of carbonyl (C=O) groups excluding carboxylic acids is 2. The monoisotopic (exact) mass is 393 g/mol. The number of fused-ring (bicyclic) bond motifs is 1. The standard InChI is InChI=1S/C19H17Cl2NO4/c1-25-19(24)16-8-12-4-2-3-5-13(12)10-22(16)18(23)11-26-17-7-6-14(20)9-15(17)21/h2-7,9,16H,8,10-11H2,1H3/t16-/m0/s1. The molecule has 1 aliphatic rings. The van der Waals surface area contributed by atoms with Gasteiger partial charge in [0.25, 0.3) is 5.91 Å². The fourth-order valence-corrected chi connectivity index (χ4v) is 3.41.